The van der Waals surface area contributed by atoms with Gasteiger partial charge in [0, 0.05) is 18.5 Å². The van der Waals surface area contributed by atoms with E-state index in [9.17, 15) is 4.79 Å². The van der Waals surface area contributed by atoms with E-state index in [0.29, 0.717) is 12.6 Å². The number of rotatable bonds is 7. The molecule has 1 aromatic carbocycles. The van der Waals surface area contributed by atoms with Gasteiger partial charge >= 0.3 is 0 Å². The predicted octanol–water partition coefficient (Wildman–Crippen LogP) is 3.76. The summed E-state index contributed by atoms with van der Waals surface area (Å²) in [5, 5.41) is 3.36. The summed E-state index contributed by atoms with van der Waals surface area (Å²) >= 11 is 3.49. The standard InChI is InChI=1S/C16H24BrNO2/c1-10(2)16(19)13(9-18-11(3)4)12-6-7-15(20-5)14(17)8-12/h6-8,10-11,13,18H,9H2,1-5H3/t13-/m1/s1. The van der Waals surface area contributed by atoms with Crippen LogP contribution in [0.25, 0.3) is 0 Å². The molecule has 4 heteroatoms. The molecule has 0 radical (unpaired) electrons. The second-order valence-corrected chi connectivity index (χ2v) is 6.42. The molecule has 112 valence electrons. The van der Waals surface area contributed by atoms with Crippen molar-refractivity contribution in [2.45, 2.75) is 39.7 Å². The summed E-state index contributed by atoms with van der Waals surface area (Å²) in [4.78, 5) is 12.4. The van der Waals surface area contributed by atoms with Crippen molar-refractivity contribution in [1.82, 2.24) is 5.32 Å². The number of ether oxygens (including phenoxy) is 1. The SMILES string of the molecule is COc1ccc([C@@H](CNC(C)C)C(=O)C(C)C)cc1Br. The van der Waals surface area contributed by atoms with Crippen LogP contribution in [0.5, 0.6) is 5.75 Å². The zero-order chi connectivity index (χ0) is 15.3. The first-order valence-electron chi connectivity index (χ1n) is 6.97. The van der Waals surface area contributed by atoms with Crippen LogP contribution in [0.2, 0.25) is 0 Å². The normalized spacial score (nSPS) is 12.8. The Labute approximate surface area is 130 Å². The maximum atomic E-state index is 12.4. The lowest BCUT2D eigenvalue weighted by atomic mass is 9.88. The number of ketones is 1. The minimum atomic E-state index is -0.125. The highest BCUT2D eigenvalue weighted by Crippen LogP contribution is 2.30. The zero-order valence-electron chi connectivity index (χ0n) is 12.9. The van der Waals surface area contributed by atoms with E-state index in [1.807, 2.05) is 32.0 Å². The molecule has 0 aliphatic rings. The van der Waals surface area contributed by atoms with Gasteiger partial charge in [-0.05, 0) is 33.6 Å². The van der Waals surface area contributed by atoms with E-state index < -0.39 is 0 Å². The molecule has 0 aromatic heterocycles. The molecule has 0 spiro atoms. The second kappa shape index (κ2) is 7.79. The van der Waals surface area contributed by atoms with Crippen molar-refractivity contribution in [3.8, 4) is 5.75 Å². The molecular formula is C16H24BrNO2. The lowest BCUT2D eigenvalue weighted by Crippen LogP contribution is -2.33. The molecule has 1 N–H and O–H groups in total. The third-order valence-corrected chi connectivity index (χ3v) is 3.84. The van der Waals surface area contributed by atoms with Crippen molar-refractivity contribution in [2.75, 3.05) is 13.7 Å². The van der Waals surface area contributed by atoms with Crippen molar-refractivity contribution < 1.29 is 9.53 Å². The molecule has 0 amide bonds. The first-order chi connectivity index (χ1) is 9.36. The van der Waals surface area contributed by atoms with Crippen molar-refractivity contribution in [1.29, 1.82) is 0 Å². The average Bonchev–Trinajstić information content (AvgIpc) is 2.38. The molecule has 1 atom stereocenters. The van der Waals surface area contributed by atoms with Gasteiger partial charge in [-0.2, -0.15) is 0 Å². The summed E-state index contributed by atoms with van der Waals surface area (Å²) in [5.74, 6) is 0.936. The molecule has 20 heavy (non-hydrogen) atoms. The second-order valence-electron chi connectivity index (χ2n) is 5.57. The molecule has 1 aromatic rings. The molecule has 1 rings (SSSR count). The fourth-order valence-corrected chi connectivity index (χ4v) is 2.60. The number of halogens is 1. The van der Waals surface area contributed by atoms with E-state index in [1.165, 1.54) is 0 Å². The van der Waals surface area contributed by atoms with Crippen LogP contribution in [0.3, 0.4) is 0 Å². The Balaban J connectivity index is 3.03. The third-order valence-electron chi connectivity index (χ3n) is 3.22. The Morgan fingerprint density at radius 2 is 1.95 bits per heavy atom. The molecule has 0 unspecified atom stereocenters. The Morgan fingerprint density at radius 3 is 2.40 bits per heavy atom. The van der Waals surface area contributed by atoms with E-state index >= 15 is 0 Å². The first-order valence-corrected chi connectivity index (χ1v) is 7.76. The van der Waals surface area contributed by atoms with Gasteiger partial charge in [0.25, 0.3) is 0 Å². The van der Waals surface area contributed by atoms with Crippen molar-refractivity contribution in [3.05, 3.63) is 28.2 Å². The molecule has 0 fully saturated rings. The van der Waals surface area contributed by atoms with Gasteiger partial charge in [-0.3, -0.25) is 4.79 Å². The fraction of sp³-hybridized carbons (Fsp3) is 0.562. The number of carbonyl (C=O) groups excluding carboxylic acids is 1. The smallest absolute Gasteiger partial charge is 0.144 e. The van der Waals surface area contributed by atoms with Crippen molar-refractivity contribution in [2.24, 2.45) is 5.92 Å². The Morgan fingerprint density at radius 1 is 1.30 bits per heavy atom. The Kier molecular flexibility index (Phi) is 6.69. The van der Waals surface area contributed by atoms with Gasteiger partial charge < -0.3 is 10.1 Å². The number of methoxy groups -OCH3 is 1. The number of Topliss-reactive ketones (excluding diaryl/α,β-unsaturated/α-hetero) is 1. The van der Waals surface area contributed by atoms with Gasteiger partial charge in [0.15, 0.2) is 0 Å². The lowest BCUT2D eigenvalue weighted by Gasteiger charge is -2.21. The van der Waals surface area contributed by atoms with Crippen LogP contribution in [0.4, 0.5) is 0 Å². The van der Waals surface area contributed by atoms with Crippen LogP contribution in [-0.2, 0) is 4.79 Å². The van der Waals surface area contributed by atoms with E-state index in [1.54, 1.807) is 7.11 Å². The van der Waals surface area contributed by atoms with E-state index in [0.717, 1.165) is 15.8 Å². The molecule has 3 nitrogen and oxygen atoms in total. The van der Waals surface area contributed by atoms with Crippen molar-refractivity contribution >= 4 is 21.7 Å². The maximum Gasteiger partial charge on any atom is 0.144 e. The van der Waals surface area contributed by atoms with E-state index in [4.69, 9.17) is 4.74 Å². The fourth-order valence-electron chi connectivity index (χ4n) is 2.04. The minimum absolute atomic E-state index is 0.0230. The van der Waals surface area contributed by atoms with Crippen LogP contribution in [0.1, 0.15) is 39.2 Å². The predicted molar refractivity (Wildman–Crippen MR) is 86.4 cm³/mol. The van der Waals surface area contributed by atoms with Gasteiger partial charge in [-0.25, -0.2) is 0 Å². The molecule has 0 aliphatic heterocycles. The molecular weight excluding hydrogens is 318 g/mol. The van der Waals surface area contributed by atoms with Gasteiger partial charge in [0.2, 0.25) is 0 Å². The number of hydrogen-bond donors (Lipinski definition) is 1. The quantitative estimate of drug-likeness (QED) is 0.820. The molecule has 0 aliphatic carbocycles. The molecule has 0 bridgehead atoms. The minimum Gasteiger partial charge on any atom is -0.496 e. The summed E-state index contributed by atoms with van der Waals surface area (Å²) in [7, 11) is 1.64. The Hall–Kier alpha value is -0.870. The van der Waals surface area contributed by atoms with Crippen molar-refractivity contribution in [3.63, 3.8) is 0 Å². The molecule has 0 saturated carbocycles. The summed E-state index contributed by atoms with van der Waals surface area (Å²) in [6.45, 7) is 8.72. The van der Waals surface area contributed by atoms with Crippen LogP contribution in [0, 0.1) is 5.92 Å². The van der Waals surface area contributed by atoms with Gasteiger partial charge in [-0.1, -0.05) is 33.8 Å². The van der Waals surface area contributed by atoms with E-state index in [2.05, 4.69) is 35.1 Å². The number of nitrogens with one attached hydrogen (secondary N) is 1. The summed E-state index contributed by atoms with van der Waals surface area (Å²) in [6, 6.07) is 6.21. The largest absolute Gasteiger partial charge is 0.496 e. The topological polar surface area (TPSA) is 38.3 Å². The number of carbonyl (C=O) groups is 1. The van der Waals surface area contributed by atoms with Gasteiger partial charge in [0.05, 0.1) is 17.5 Å². The number of benzene rings is 1. The number of hydrogen-bond acceptors (Lipinski definition) is 3. The highest BCUT2D eigenvalue weighted by molar-refractivity contribution is 9.10. The molecule has 0 saturated heterocycles. The lowest BCUT2D eigenvalue weighted by molar-refractivity contribution is -0.123. The summed E-state index contributed by atoms with van der Waals surface area (Å²) in [5.41, 5.74) is 1.02. The summed E-state index contributed by atoms with van der Waals surface area (Å²) in [6.07, 6.45) is 0. The first kappa shape index (κ1) is 17.2. The molecule has 0 heterocycles. The monoisotopic (exact) mass is 341 g/mol. The average molecular weight is 342 g/mol. The third kappa shape index (κ3) is 4.60. The highest BCUT2D eigenvalue weighted by Gasteiger charge is 2.23. The Bertz CT molecular complexity index is 458. The maximum absolute atomic E-state index is 12.4. The van der Waals surface area contributed by atoms with Gasteiger partial charge in [0.1, 0.15) is 11.5 Å². The van der Waals surface area contributed by atoms with Crippen LogP contribution >= 0.6 is 15.9 Å². The van der Waals surface area contributed by atoms with Crippen LogP contribution in [0.15, 0.2) is 22.7 Å². The van der Waals surface area contributed by atoms with E-state index in [-0.39, 0.29) is 17.6 Å². The summed E-state index contributed by atoms with van der Waals surface area (Å²) < 4.78 is 6.12. The van der Waals surface area contributed by atoms with Crippen LogP contribution in [-0.4, -0.2) is 25.5 Å². The zero-order valence-corrected chi connectivity index (χ0v) is 14.5. The van der Waals surface area contributed by atoms with Gasteiger partial charge in [-0.15, -0.1) is 0 Å². The highest BCUT2D eigenvalue weighted by atomic mass is 79.9. The van der Waals surface area contributed by atoms with Crippen LogP contribution < -0.4 is 10.1 Å².